The quantitative estimate of drug-likeness (QED) is 0.899. The number of aliphatic hydroxyl groups is 1. The van der Waals surface area contributed by atoms with E-state index in [1.807, 2.05) is 30.3 Å². The molecule has 128 valence electrons. The number of ether oxygens (including phenoxy) is 2. The maximum atomic E-state index is 8.80. The average molecular weight is 348 g/mol. The Morgan fingerprint density at radius 3 is 2.79 bits per heavy atom. The van der Waals surface area contributed by atoms with E-state index >= 15 is 0 Å². The Morgan fingerprint density at radius 1 is 1.25 bits per heavy atom. The van der Waals surface area contributed by atoms with E-state index in [2.05, 4.69) is 24.0 Å². The highest BCUT2D eigenvalue weighted by Crippen LogP contribution is 2.28. The largest absolute Gasteiger partial charge is 0.491 e. The topological polar surface area (TPSA) is 41.9 Å². The van der Waals surface area contributed by atoms with E-state index in [-0.39, 0.29) is 12.7 Å². The van der Waals surface area contributed by atoms with Gasteiger partial charge in [-0.05, 0) is 42.8 Å². The fraction of sp³-hybridized carbons (Fsp3) is 0.368. The zero-order valence-electron chi connectivity index (χ0n) is 13.7. The van der Waals surface area contributed by atoms with Gasteiger partial charge >= 0.3 is 0 Å². The van der Waals surface area contributed by atoms with Crippen LogP contribution in [0.5, 0.6) is 11.5 Å². The minimum atomic E-state index is 0.0232. The summed E-state index contributed by atoms with van der Waals surface area (Å²) in [6.45, 7) is 4.92. The average Bonchev–Trinajstić information content (AvgIpc) is 2.71. The second-order valence-corrected chi connectivity index (χ2v) is 6.50. The lowest BCUT2D eigenvalue weighted by atomic mass is 10.1. The molecule has 0 radical (unpaired) electrons. The number of hydrogen-bond donors (Lipinski definition) is 1. The molecule has 1 heterocycles. The molecule has 2 aromatic carbocycles. The van der Waals surface area contributed by atoms with Crippen molar-refractivity contribution in [1.29, 1.82) is 0 Å². The maximum absolute atomic E-state index is 8.80. The van der Waals surface area contributed by atoms with Crippen molar-refractivity contribution in [2.75, 3.05) is 19.8 Å². The highest BCUT2D eigenvalue weighted by Gasteiger charge is 2.20. The molecule has 0 aromatic heterocycles. The SMILES string of the molecule is CC1CN(Cc2ccc(OCCO)cc2)Cc2cc(Cl)ccc2O1. The normalized spacial score (nSPS) is 17.7. The fourth-order valence-electron chi connectivity index (χ4n) is 2.94. The molecule has 1 unspecified atom stereocenters. The van der Waals surface area contributed by atoms with Crippen LogP contribution in [0, 0.1) is 0 Å². The van der Waals surface area contributed by atoms with Crippen molar-refractivity contribution in [2.45, 2.75) is 26.1 Å². The number of nitrogens with zero attached hydrogens (tertiary/aromatic N) is 1. The van der Waals surface area contributed by atoms with Crippen LogP contribution in [-0.4, -0.2) is 35.9 Å². The Kier molecular flexibility index (Phi) is 5.61. The van der Waals surface area contributed by atoms with Crippen LogP contribution in [0.3, 0.4) is 0 Å². The van der Waals surface area contributed by atoms with Gasteiger partial charge in [0.15, 0.2) is 0 Å². The van der Waals surface area contributed by atoms with Gasteiger partial charge in [0.05, 0.1) is 6.61 Å². The maximum Gasteiger partial charge on any atom is 0.124 e. The van der Waals surface area contributed by atoms with Gasteiger partial charge in [0.2, 0.25) is 0 Å². The highest BCUT2D eigenvalue weighted by atomic mass is 35.5. The van der Waals surface area contributed by atoms with Crippen molar-refractivity contribution < 1.29 is 14.6 Å². The van der Waals surface area contributed by atoms with Crippen LogP contribution in [0.2, 0.25) is 5.02 Å². The molecule has 1 aliphatic rings. The van der Waals surface area contributed by atoms with E-state index in [0.717, 1.165) is 41.7 Å². The first-order chi connectivity index (χ1) is 11.6. The number of hydrogen-bond acceptors (Lipinski definition) is 4. The summed E-state index contributed by atoms with van der Waals surface area (Å²) in [7, 11) is 0. The molecule has 0 saturated carbocycles. The number of fused-ring (bicyclic) bond motifs is 1. The molecular formula is C19H22ClNO3. The smallest absolute Gasteiger partial charge is 0.124 e. The molecule has 0 saturated heterocycles. The zero-order chi connectivity index (χ0) is 16.9. The molecule has 1 aliphatic heterocycles. The van der Waals surface area contributed by atoms with Crippen molar-refractivity contribution in [3.8, 4) is 11.5 Å². The zero-order valence-corrected chi connectivity index (χ0v) is 14.5. The van der Waals surface area contributed by atoms with Crippen LogP contribution in [0.4, 0.5) is 0 Å². The molecule has 0 fully saturated rings. The third kappa shape index (κ3) is 4.41. The second kappa shape index (κ2) is 7.88. The predicted molar refractivity (Wildman–Crippen MR) is 94.7 cm³/mol. The molecule has 2 aromatic rings. The Hall–Kier alpha value is -1.75. The van der Waals surface area contributed by atoms with Gasteiger partial charge in [0, 0.05) is 30.2 Å². The first kappa shape index (κ1) is 17.1. The number of halogens is 1. The molecule has 0 aliphatic carbocycles. The fourth-order valence-corrected chi connectivity index (χ4v) is 3.14. The molecule has 3 rings (SSSR count). The lowest BCUT2D eigenvalue weighted by Gasteiger charge is -2.22. The molecule has 5 heteroatoms. The third-order valence-electron chi connectivity index (χ3n) is 3.95. The lowest BCUT2D eigenvalue weighted by molar-refractivity contribution is 0.156. The molecular weight excluding hydrogens is 326 g/mol. The highest BCUT2D eigenvalue weighted by molar-refractivity contribution is 6.30. The summed E-state index contributed by atoms with van der Waals surface area (Å²) in [5.74, 6) is 1.69. The number of rotatable bonds is 5. The third-order valence-corrected chi connectivity index (χ3v) is 4.18. The van der Waals surface area contributed by atoms with Crippen LogP contribution in [0.15, 0.2) is 42.5 Å². The first-order valence-electron chi connectivity index (χ1n) is 8.14. The summed E-state index contributed by atoms with van der Waals surface area (Å²) < 4.78 is 11.4. The van der Waals surface area contributed by atoms with Crippen molar-refractivity contribution >= 4 is 11.6 Å². The summed E-state index contributed by atoms with van der Waals surface area (Å²) in [4.78, 5) is 2.36. The van der Waals surface area contributed by atoms with E-state index in [1.54, 1.807) is 0 Å². The van der Waals surface area contributed by atoms with E-state index in [0.29, 0.717) is 6.61 Å². The summed E-state index contributed by atoms with van der Waals surface area (Å²) in [6.07, 6.45) is 0.125. The van der Waals surface area contributed by atoms with E-state index < -0.39 is 0 Å². The standard InChI is InChI=1S/C19H22ClNO3/c1-14-11-21(13-16-10-17(20)4-7-19(16)24-14)12-15-2-5-18(6-3-15)23-9-8-22/h2-7,10,14,22H,8-9,11-13H2,1H3. The number of benzene rings is 2. The van der Waals surface area contributed by atoms with Crippen LogP contribution in [-0.2, 0) is 13.1 Å². The Morgan fingerprint density at radius 2 is 2.04 bits per heavy atom. The van der Waals surface area contributed by atoms with Crippen molar-refractivity contribution in [2.24, 2.45) is 0 Å². The van der Waals surface area contributed by atoms with Gasteiger partial charge in [-0.25, -0.2) is 0 Å². The van der Waals surface area contributed by atoms with Crippen LogP contribution in [0.1, 0.15) is 18.1 Å². The molecule has 0 spiro atoms. The summed E-state index contributed by atoms with van der Waals surface area (Å²) >= 11 is 6.13. The minimum absolute atomic E-state index is 0.0232. The summed E-state index contributed by atoms with van der Waals surface area (Å²) in [5.41, 5.74) is 2.33. The van der Waals surface area contributed by atoms with Gasteiger partial charge in [-0.2, -0.15) is 0 Å². The Labute approximate surface area is 147 Å². The second-order valence-electron chi connectivity index (χ2n) is 6.07. The predicted octanol–water partition coefficient (Wildman–Crippen LogP) is 3.49. The van der Waals surface area contributed by atoms with Gasteiger partial charge in [-0.3, -0.25) is 4.90 Å². The van der Waals surface area contributed by atoms with Gasteiger partial charge in [-0.1, -0.05) is 23.7 Å². The van der Waals surface area contributed by atoms with Crippen molar-refractivity contribution in [1.82, 2.24) is 4.90 Å². The first-order valence-corrected chi connectivity index (χ1v) is 8.52. The summed E-state index contributed by atoms with van der Waals surface area (Å²) in [5, 5.41) is 9.53. The van der Waals surface area contributed by atoms with Crippen LogP contribution < -0.4 is 9.47 Å². The minimum Gasteiger partial charge on any atom is -0.491 e. The molecule has 1 N–H and O–H groups in total. The van der Waals surface area contributed by atoms with E-state index in [9.17, 15) is 0 Å². The Balaban J connectivity index is 1.70. The van der Waals surface area contributed by atoms with Gasteiger partial charge in [0.1, 0.15) is 24.2 Å². The van der Waals surface area contributed by atoms with Crippen molar-refractivity contribution in [3.63, 3.8) is 0 Å². The monoisotopic (exact) mass is 347 g/mol. The number of aliphatic hydroxyl groups excluding tert-OH is 1. The lowest BCUT2D eigenvalue weighted by Crippen LogP contribution is -2.30. The Bertz CT molecular complexity index is 675. The molecule has 4 nitrogen and oxygen atoms in total. The van der Waals surface area contributed by atoms with Crippen molar-refractivity contribution in [3.05, 3.63) is 58.6 Å². The molecule has 0 bridgehead atoms. The molecule has 1 atom stereocenters. The van der Waals surface area contributed by atoms with E-state index in [1.165, 1.54) is 5.56 Å². The van der Waals surface area contributed by atoms with E-state index in [4.69, 9.17) is 26.2 Å². The van der Waals surface area contributed by atoms with Crippen LogP contribution >= 0.6 is 11.6 Å². The van der Waals surface area contributed by atoms with Gasteiger partial charge in [0.25, 0.3) is 0 Å². The molecule has 0 amide bonds. The summed E-state index contributed by atoms with van der Waals surface area (Å²) in [6, 6.07) is 13.8. The molecule has 24 heavy (non-hydrogen) atoms. The van der Waals surface area contributed by atoms with Gasteiger partial charge in [-0.15, -0.1) is 0 Å². The van der Waals surface area contributed by atoms with Gasteiger partial charge < -0.3 is 14.6 Å². The van der Waals surface area contributed by atoms with Crippen LogP contribution in [0.25, 0.3) is 0 Å².